The fourth-order valence-corrected chi connectivity index (χ4v) is 2.57. The molecule has 1 fully saturated rings. The van der Waals surface area contributed by atoms with E-state index >= 15 is 0 Å². The Morgan fingerprint density at radius 1 is 1.42 bits per heavy atom. The lowest BCUT2D eigenvalue weighted by Gasteiger charge is -2.28. The number of nitrogens with one attached hydrogen (secondary N) is 1. The van der Waals surface area contributed by atoms with Gasteiger partial charge in [0.15, 0.2) is 0 Å². The van der Waals surface area contributed by atoms with Gasteiger partial charge in [0.25, 0.3) is 0 Å². The van der Waals surface area contributed by atoms with Crippen LogP contribution in [0.5, 0.6) is 5.75 Å². The van der Waals surface area contributed by atoms with Gasteiger partial charge in [0.05, 0.1) is 6.61 Å². The molecule has 0 amide bonds. The quantitative estimate of drug-likeness (QED) is 0.903. The SMILES string of the molecule is CCOc1cccc(N2CCCNC(C(C)C)C2)c1. The molecule has 2 rings (SSSR count). The first-order chi connectivity index (χ1) is 9.20. The lowest BCUT2D eigenvalue weighted by atomic mass is 10.0. The maximum absolute atomic E-state index is 5.60. The summed E-state index contributed by atoms with van der Waals surface area (Å²) < 4.78 is 5.60. The molecule has 3 heteroatoms. The van der Waals surface area contributed by atoms with E-state index in [1.165, 1.54) is 12.1 Å². The second-order valence-electron chi connectivity index (χ2n) is 5.53. The Morgan fingerprint density at radius 2 is 2.26 bits per heavy atom. The van der Waals surface area contributed by atoms with Crippen LogP contribution in [0.25, 0.3) is 0 Å². The molecule has 1 heterocycles. The minimum atomic E-state index is 0.568. The van der Waals surface area contributed by atoms with Crippen LogP contribution in [0.1, 0.15) is 27.2 Å². The summed E-state index contributed by atoms with van der Waals surface area (Å²) in [6, 6.07) is 9.03. The van der Waals surface area contributed by atoms with Gasteiger partial charge in [-0.1, -0.05) is 19.9 Å². The van der Waals surface area contributed by atoms with Gasteiger partial charge >= 0.3 is 0 Å². The number of rotatable bonds is 4. The zero-order chi connectivity index (χ0) is 13.7. The Bertz CT molecular complexity index is 392. The van der Waals surface area contributed by atoms with Crippen LogP contribution in [0.3, 0.4) is 0 Å². The van der Waals surface area contributed by atoms with Crippen LogP contribution in [0.4, 0.5) is 5.69 Å². The molecule has 1 saturated heterocycles. The molecule has 0 aromatic heterocycles. The summed E-state index contributed by atoms with van der Waals surface area (Å²) in [5.41, 5.74) is 1.28. The molecule has 1 aromatic carbocycles. The minimum Gasteiger partial charge on any atom is -0.494 e. The molecule has 0 saturated carbocycles. The molecule has 1 aliphatic rings. The van der Waals surface area contributed by atoms with Crippen LogP contribution in [0.15, 0.2) is 24.3 Å². The number of hydrogen-bond acceptors (Lipinski definition) is 3. The van der Waals surface area contributed by atoms with Gasteiger partial charge < -0.3 is 15.0 Å². The normalized spacial score (nSPS) is 20.4. The molecule has 0 spiro atoms. The van der Waals surface area contributed by atoms with E-state index in [4.69, 9.17) is 4.74 Å². The first-order valence-electron chi connectivity index (χ1n) is 7.42. The highest BCUT2D eigenvalue weighted by Gasteiger charge is 2.20. The standard InChI is InChI=1S/C16H26N2O/c1-4-19-15-8-5-7-14(11-15)18-10-6-9-17-16(12-18)13(2)3/h5,7-8,11,13,16-17H,4,6,9-10,12H2,1-3H3. The van der Waals surface area contributed by atoms with Gasteiger partial charge in [-0.2, -0.15) is 0 Å². The molecule has 3 nitrogen and oxygen atoms in total. The average molecular weight is 262 g/mol. The molecular weight excluding hydrogens is 236 g/mol. The van der Waals surface area contributed by atoms with Crippen molar-refractivity contribution in [2.75, 3.05) is 31.1 Å². The van der Waals surface area contributed by atoms with Crippen molar-refractivity contribution in [3.8, 4) is 5.75 Å². The molecule has 1 aliphatic heterocycles. The van der Waals surface area contributed by atoms with Crippen molar-refractivity contribution >= 4 is 5.69 Å². The highest BCUT2D eigenvalue weighted by Crippen LogP contribution is 2.23. The van der Waals surface area contributed by atoms with Crippen LogP contribution in [-0.4, -0.2) is 32.3 Å². The first-order valence-corrected chi connectivity index (χ1v) is 7.42. The summed E-state index contributed by atoms with van der Waals surface area (Å²) >= 11 is 0. The van der Waals surface area contributed by atoms with Crippen molar-refractivity contribution in [3.63, 3.8) is 0 Å². The zero-order valence-electron chi connectivity index (χ0n) is 12.4. The lowest BCUT2D eigenvalue weighted by molar-refractivity contribution is 0.340. The first kappa shape index (κ1) is 14.2. The molecule has 0 aliphatic carbocycles. The van der Waals surface area contributed by atoms with Gasteiger partial charge in [-0.15, -0.1) is 0 Å². The summed E-state index contributed by atoms with van der Waals surface area (Å²) in [5.74, 6) is 1.63. The van der Waals surface area contributed by atoms with Gasteiger partial charge in [0.1, 0.15) is 5.75 Å². The third kappa shape index (κ3) is 3.87. The Kier molecular flexibility index (Phi) is 5.08. The number of nitrogens with zero attached hydrogens (tertiary/aromatic N) is 1. The molecular formula is C16H26N2O. The smallest absolute Gasteiger partial charge is 0.121 e. The van der Waals surface area contributed by atoms with E-state index in [9.17, 15) is 0 Å². The number of ether oxygens (including phenoxy) is 1. The fourth-order valence-electron chi connectivity index (χ4n) is 2.57. The van der Waals surface area contributed by atoms with Gasteiger partial charge in [-0.25, -0.2) is 0 Å². The Hall–Kier alpha value is -1.22. The van der Waals surface area contributed by atoms with Crippen molar-refractivity contribution in [1.29, 1.82) is 0 Å². The molecule has 1 N–H and O–H groups in total. The van der Waals surface area contributed by atoms with Gasteiger partial charge in [0, 0.05) is 30.9 Å². The third-order valence-corrected chi connectivity index (χ3v) is 3.73. The predicted octanol–water partition coefficient (Wildman–Crippen LogP) is 2.91. The van der Waals surface area contributed by atoms with Gasteiger partial charge in [0.2, 0.25) is 0 Å². The second kappa shape index (κ2) is 6.80. The highest BCUT2D eigenvalue weighted by atomic mass is 16.5. The van der Waals surface area contributed by atoms with Crippen molar-refractivity contribution in [3.05, 3.63) is 24.3 Å². The number of benzene rings is 1. The van der Waals surface area contributed by atoms with E-state index in [0.717, 1.165) is 32.0 Å². The molecule has 106 valence electrons. The van der Waals surface area contributed by atoms with Crippen LogP contribution < -0.4 is 15.0 Å². The molecule has 0 bridgehead atoms. The maximum Gasteiger partial charge on any atom is 0.121 e. The van der Waals surface area contributed by atoms with E-state index in [-0.39, 0.29) is 0 Å². The van der Waals surface area contributed by atoms with E-state index in [2.05, 4.69) is 42.3 Å². The van der Waals surface area contributed by atoms with Crippen LogP contribution in [0, 0.1) is 5.92 Å². The summed E-state index contributed by atoms with van der Waals surface area (Å²) in [7, 11) is 0. The zero-order valence-corrected chi connectivity index (χ0v) is 12.4. The minimum absolute atomic E-state index is 0.568. The van der Waals surface area contributed by atoms with E-state index < -0.39 is 0 Å². The van der Waals surface area contributed by atoms with Crippen molar-refractivity contribution in [2.45, 2.75) is 33.2 Å². The average Bonchev–Trinajstić information content (AvgIpc) is 2.65. The van der Waals surface area contributed by atoms with Crippen molar-refractivity contribution < 1.29 is 4.74 Å². The summed E-state index contributed by atoms with van der Waals surface area (Å²) in [6.07, 6.45) is 1.20. The van der Waals surface area contributed by atoms with Gasteiger partial charge in [-0.3, -0.25) is 0 Å². The summed E-state index contributed by atoms with van der Waals surface area (Å²) in [6.45, 7) is 10.6. The summed E-state index contributed by atoms with van der Waals surface area (Å²) in [5, 5.41) is 3.65. The Labute approximate surface area is 116 Å². The third-order valence-electron chi connectivity index (χ3n) is 3.73. The fraction of sp³-hybridized carbons (Fsp3) is 0.625. The largest absolute Gasteiger partial charge is 0.494 e. The van der Waals surface area contributed by atoms with Crippen molar-refractivity contribution in [2.24, 2.45) is 5.92 Å². The summed E-state index contributed by atoms with van der Waals surface area (Å²) in [4.78, 5) is 2.48. The lowest BCUT2D eigenvalue weighted by Crippen LogP contribution is -2.41. The van der Waals surface area contributed by atoms with Crippen LogP contribution in [-0.2, 0) is 0 Å². The van der Waals surface area contributed by atoms with E-state index in [0.29, 0.717) is 12.0 Å². The maximum atomic E-state index is 5.60. The predicted molar refractivity (Wildman–Crippen MR) is 81.1 cm³/mol. The highest BCUT2D eigenvalue weighted by molar-refractivity contribution is 5.51. The van der Waals surface area contributed by atoms with Crippen LogP contribution in [0.2, 0.25) is 0 Å². The molecule has 19 heavy (non-hydrogen) atoms. The molecule has 0 radical (unpaired) electrons. The molecule has 1 aromatic rings. The molecule has 1 unspecified atom stereocenters. The van der Waals surface area contributed by atoms with Gasteiger partial charge in [-0.05, 0) is 37.9 Å². The van der Waals surface area contributed by atoms with Crippen molar-refractivity contribution in [1.82, 2.24) is 5.32 Å². The van der Waals surface area contributed by atoms with E-state index in [1.807, 2.05) is 13.0 Å². The monoisotopic (exact) mass is 262 g/mol. The Balaban J connectivity index is 2.12. The van der Waals surface area contributed by atoms with E-state index in [1.54, 1.807) is 0 Å². The molecule has 1 atom stereocenters. The number of hydrogen-bond donors (Lipinski definition) is 1. The Morgan fingerprint density at radius 3 is 3.00 bits per heavy atom. The topological polar surface area (TPSA) is 24.5 Å². The second-order valence-corrected chi connectivity index (χ2v) is 5.53. The number of anilines is 1. The van der Waals surface area contributed by atoms with Crippen LogP contribution >= 0.6 is 0 Å².